The molecule has 0 aromatic heterocycles. The fourth-order valence-corrected chi connectivity index (χ4v) is 4.08. The van der Waals surface area contributed by atoms with Gasteiger partial charge in [-0.2, -0.15) is 0 Å². The predicted octanol–water partition coefficient (Wildman–Crippen LogP) is 2.33. The minimum Gasteiger partial charge on any atom is -0.351 e. The molecular weight excluding hydrogens is 350 g/mol. The molecule has 0 aliphatic carbocycles. The first kappa shape index (κ1) is 19.2. The zero-order valence-electron chi connectivity index (χ0n) is 15.4. The quantitative estimate of drug-likeness (QED) is 0.827. The maximum Gasteiger partial charge on any atom is 0.224 e. The lowest BCUT2D eigenvalue weighted by molar-refractivity contribution is -0.127. The second-order valence-electron chi connectivity index (χ2n) is 7.34. The van der Waals surface area contributed by atoms with Crippen molar-refractivity contribution in [1.29, 1.82) is 0 Å². The Balaban J connectivity index is 1.44. The average molecular weight is 378 g/mol. The molecule has 6 heteroatoms. The van der Waals surface area contributed by atoms with Crippen molar-refractivity contribution in [1.82, 2.24) is 15.1 Å². The Morgan fingerprint density at radius 3 is 2.77 bits per heavy atom. The van der Waals surface area contributed by atoms with Crippen LogP contribution in [0, 0.1) is 5.92 Å². The number of rotatable bonds is 6. The van der Waals surface area contributed by atoms with E-state index in [2.05, 4.69) is 17.1 Å². The Hall–Kier alpha value is -1.59. The summed E-state index contributed by atoms with van der Waals surface area (Å²) in [6.07, 6.45) is 3.02. The van der Waals surface area contributed by atoms with Gasteiger partial charge in [-0.15, -0.1) is 0 Å². The molecule has 2 heterocycles. The first-order chi connectivity index (χ1) is 12.5. The highest BCUT2D eigenvalue weighted by atomic mass is 35.5. The molecule has 0 radical (unpaired) electrons. The molecule has 0 spiro atoms. The van der Waals surface area contributed by atoms with Gasteiger partial charge in [-0.05, 0) is 56.6 Å². The number of carbonyl (C=O) groups excluding carboxylic acids is 2. The Morgan fingerprint density at radius 1 is 1.31 bits per heavy atom. The fraction of sp³-hybridized carbons (Fsp3) is 0.600. The predicted molar refractivity (Wildman–Crippen MR) is 103 cm³/mol. The molecule has 1 N–H and O–H groups in total. The van der Waals surface area contributed by atoms with Crippen molar-refractivity contribution in [3.63, 3.8) is 0 Å². The van der Waals surface area contributed by atoms with Crippen LogP contribution in [0.1, 0.15) is 31.7 Å². The second kappa shape index (κ2) is 8.87. The molecule has 2 aliphatic heterocycles. The third-order valence-electron chi connectivity index (χ3n) is 5.53. The van der Waals surface area contributed by atoms with Gasteiger partial charge >= 0.3 is 0 Å². The standard InChI is InChI=1S/C20H28ClN3O2/c1-2-23-9-7-16(8-10-23)20(26)22-18-13-19(25)24(14-18)11-6-15-4-3-5-17(21)12-15/h3-5,12,16,18H,2,6-11,13-14H2,1H3,(H,22,26)/t18-/m0/s1. The molecule has 2 aliphatic rings. The molecule has 5 nitrogen and oxygen atoms in total. The summed E-state index contributed by atoms with van der Waals surface area (Å²) in [7, 11) is 0. The Kier molecular flexibility index (Phi) is 6.54. The van der Waals surface area contributed by atoms with Crippen LogP contribution in [-0.4, -0.2) is 60.4 Å². The van der Waals surface area contributed by atoms with Gasteiger partial charge in [0.2, 0.25) is 11.8 Å². The molecule has 1 aromatic carbocycles. The van der Waals surface area contributed by atoms with E-state index in [-0.39, 0.29) is 23.8 Å². The summed E-state index contributed by atoms with van der Waals surface area (Å²) >= 11 is 6.01. The van der Waals surface area contributed by atoms with Crippen LogP contribution in [0.2, 0.25) is 5.02 Å². The van der Waals surface area contributed by atoms with E-state index in [9.17, 15) is 9.59 Å². The van der Waals surface area contributed by atoms with E-state index < -0.39 is 0 Å². The molecule has 2 saturated heterocycles. The minimum atomic E-state index is -0.0569. The number of nitrogens with one attached hydrogen (secondary N) is 1. The lowest BCUT2D eigenvalue weighted by atomic mass is 9.95. The van der Waals surface area contributed by atoms with E-state index >= 15 is 0 Å². The summed E-state index contributed by atoms with van der Waals surface area (Å²) in [5, 5.41) is 3.83. The maximum absolute atomic E-state index is 12.5. The molecule has 0 unspecified atom stereocenters. The highest BCUT2D eigenvalue weighted by Gasteiger charge is 2.32. The molecule has 3 rings (SSSR count). The second-order valence-corrected chi connectivity index (χ2v) is 7.77. The number of piperidine rings is 1. The van der Waals surface area contributed by atoms with Gasteiger partial charge in [-0.1, -0.05) is 30.7 Å². The number of likely N-dealkylation sites (tertiary alicyclic amines) is 2. The van der Waals surface area contributed by atoms with Crippen molar-refractivity contribution in [2.75, 3.05) is 32.7 Å². The highest BCUT2D eigenvalue weighted by Crippen LogP contribution is 2.19. The molecule has 2 fully saturated rings. The lowest BCUT2D eigenvalue weighted by Gasteiger charge is -2.30. The first-order valence-corrected chi connectivity index (χ1v) is 9.98. The topological polar surface area (TPSA) is 52.7 Å². The summed E-state index contributed by atoms with van der Waals surface area (Å²) in [5.74, 6) is 0.335. The molecule has 1 aromatic rings. The number of carbonyl (C=O) groups is 2. The van der Waals surface area contributed by atoms with Crippen LogP contribution in [-0.2, 0) is 16.0 Å². The van der Waals surface area contributed by atoms with Crippen molar-refractivity contribution in [3.8, 4) is 0 Å². The zero-order valence-corrected chi connectivity index (χ0v) is 16.2. The van der Waals surface area contributed by atoms with Gasteiger partial charge in [0.25, 0.3) is 0 Å². The third-order valence-corrected chi connectivity index (χ3v) is 5.76. The van der Waals surface area contributed by atoms with Gasteiger partial charge in [0.1, 0.15) is 0 Å². The monoisotopic (exact) mass is 377 g/mol. The maximum atomic E-state index is 12.5. The van der Waals surface area contributed by atoms with Gasteiger partial charge in [-0.3, -0.25) is 9.59 Å². The van der Waals surface area contributed by atoms with E-state index in [4.69, 9.17) is 11.6 Å². The van der Waals surface area contributed by atoms with E-state index in [1.807, 2.05) is 29.2 Å². The third kappa shape index (κ3) is 4.98. The molecule has 142 valence electrons. The van der Waals surface area contributed by atoms with Gasteiger partial charge in [0, 0.05) is 30.5 Å². The van der Waals surface area contributed by atoms with Gasteiger partial charge < -0.3 is 15.1 Å². The molecule has 0 saturated carbocycles. The summed E-state index contributed by atoms with van der Waals surface area (Å²) in [4.78, 5) is 29.0. The van der Waals surface area contributed by atoms with Crippen LogP contribution in [0.25, 0.3) is 0 Å². The number of amides is 2. The number of hydrogen-bond acceptors (Lipinski definition) is 3. The molecule has 26 heavy (non-hydrogen) atoms. The number of benzene rings is 1. The highest BCUT2D eigenvalue weighted by molar-refractivity contribution is 6.30. The van der Waals surface area contributed by atoms with Crippen LogP contribution in [0.5, 0.6) is 0 Å². The van der Waals surface area contributed by atoms with Gasteiger partial charge in [0.15, 0.2) is 0 Å². The number of nitrogens with zero attached hydrogens (tertiary/aromatic N) is 2. The lowest BCUT2D eigenvalue weighted by Crippen LogP contribution is -2.44. The summed E-state index contributed by atoms with van der Waals surface area (Å²) in [5.41, 5.74) is 1.13. The Morgan fingerprint density at radius 2 is 2.08 bits per heavy atom. The van der Waals surface area contributed by atoms with Gasteiger partial charge in [-0.25, -0.2) is 0 Å². The fourth-order valence-electron chi connectivity index (χ4n) is 3.87. The van der Waals surface area contributed by atoms with Crippen molar-refractivity contribution in [2.45, 2.75) is 38.6 Å². The van der Waals surface area contributed by atoms with Crippen LogP contribution >= 0.6 is 11.6 Å². The molecule has 0 bridgehead atoms. The van der Waals surface area contributed by atoms with Crippen LogP contribution in [0.15, 0.2) is 24.3 Å². The van der Waals surface area contributed by atoms with E-state index in [1.165, 1.54) is 0 Å². The van der Waals surface area contributed by atoms with Crippen molar-refractivity contribution >= 4 is 23.4 Å². The molecule has 1 atom stereocenters. The van der Waals surface area contributed by atoms with Crippen molar-refractivity contribution in [3.05, 3.63) is 34.9 Å². The normalized spacial score (nSPS) is 22.0. The van der Waals surface area contributed by atoms with Crippen molar-refractivity contribution in [2.24, 2.45) is 5.92 Å². The SMILES string of the molecule is CCN1CCC(C(=O)N[C@H]2CC(=O)N(CCc3cccc(Cl)c3)C2)CC1. The first-order valence-electron chi connectivity index (χ1n) is 9.60. The van der Waals surface area contributed by atoms with Gasteiger partial charge in [0.05, 0.1) is 6.04 Å². The summed E-state index contributed by atoms with van der Waals surface area (Å²) < 4.78 is 0. The summed E-state index contributed by atoms with van der Waals surface area (Å²) in [6, 6.07) is 7.68. The molecule has 2 amide bonds. The average Bonchev–Trinajstić information content (AvgIpc) is 2.99. The Labute approximate surface area is 160 Å². The largest absolute Gasteiger partial charge is 0.351 e. The summed E-state index contributed by atoms with van der Waals surface area (Å²) in [6.45, 7) is 6.46. The van der Waals surface area contributed by atoms with E-state index in [0.717, 1.165) is 49.5 Å². The van der Waals surface area contributed by atoms with E-state index in [1.54, 1.807) is 0 Å². The van der Waals surface area contributed by atoms with Crippen LogP contribution < -0.4 is 5.32 Å². The number of halogens is 1. The van der Waals surface area contributed by atoms with Crippen LogP contribution in [0.4, 0.5) is 0 Å². The van der Waals surface area contributed by atoms with Crippen molar-refractivity contribution < 1.29 is 9.59 Å². The Bertz CT molecular complexity index is 644. The number of hydrogen-bond donors (Lipinski definition) is 1. The molecular formula is C20H28ClN3O2. The minimum absolute atomic E-state index is 0.0569. The van der Waals surface area contributed by atoms with Crippen LogP contribution in [0.3, 0.4) is 0 Å². The zero-order chi connectivity index (χ0) is 18.5. The van der Waals surface area contributed by atoms with E-state index in [0.29, 0.717) is 19.5 Å². The smallest absolute Gasteiger partial charge is 0.224 e.